The minimum absolute atomic E-state index is 0.0530. The number of amides is 1. The Morgan fingerprint density at radius 3 is 2.88 bits per heavy atom. The standard InChI is InChI=1S/C13H18N2O/c1-9(13(14)16)6-12-7-10-4-2-3-5-11(10)8-15-12/h2-5,9,12,15H,6-8H2,1H3,(H2,14,16). The molecule has 0 radical (unpaired) electrons. The Morgan fingerprint density at radius 1 is 1.50 bits per heavy atom. The van der Waals surface area contributed by atoms with E-state index in [1.807, 2.05) is 6.92 Å². The molecule has 0 fully saturated rings. The van der Waals surface area contributed by atoms with Crippen LogP contribution in [0.15, 0.2) is 24.3 Å². The summed E-state index contributed by atoms with van der Waals surface area (Å²) in [6, 6.07) is 8.82. The van der Waals surface area contributed by atoms with Gasteiger partial charge in [0.25, 0.3) is 0 Å². The third kappa shape index (κ3) is 2.42. The fourth-order valence-electron chi connectivity index (χ4n) is 2.23. The quantitative estimate of drug-likeness (QED) is 0.801. The molecule has 1 aromatic carbocycles. The van der Waals surface area contributed by atoms with Gasteiger partial charge in [0.2, 0.25) is 5.91 Å². The lowest BCUT2D eigenvalue weighted by Crippen LogP contribution is -2.38. The molecule has 3 nitrogen and oxygen atoms in total. The molecule has 0 spiro atoms. The summed E-state index contributed by atoms with van der Waals surface area (Å²) in [6.45, 7) is 2.79. The SMILES string of the molecule is CC(CC1Cc2ccccc2CN1)C(N)=O. The number of rotatable bonds is 3. The second-order valence-electron chi connectivity index (χ2n) is 4.59. The van der Waals surface area contributed by atoms with Crippen molar-refractivity contribution in [1.29, 1.82) is 0 Å². The van der Waals surface area contributed by atoms with E-state index in [1.165, 1.54) is 11.1 Å². The Morgan fingerprint density at radius 2 is 2.19 bits per heavy atom. The molecule has 0 saturated carbocycles. The maximum Gasteiger partial charge on any atom is 0.220 e. The van der Waals surface area contributed by atoms with Crippen LogP contribution in [0.25, 0.3) is 0 Å². The minimum atomic E-state index is -0.208. The van der Waals surface area contributed by atoms with E-state index in [0.29, 0.717) is 6.04 Å². The first-order chi connectivity index (χ1) is 7.66. The second kappa shape index (κ2) is 4.66. The number of hydrogen-bond acceptors (Lipinski definition) is 2. The Labute approximate surface area is 96.0 Å². The maximum absolute atomic E-state index is 11.0. The van der Waals surface area contributed by atoms with Crippen LogP contribution in [0.5, 0.6) is 0 Å². The van der Waals surface area contributed by atoms with Crippen LogP contribution in [0.3, 0.4) is 0 Å². The van der Waals surface area contributed by atoms with Gasteiger partial charge in [0.15, 0.2) is 0 Å². The first-order valence-corrected chi connectivity index (χ1v) is 5.76. The van der Waals surface area contributed by atoms with E-state index in [2.05, 4.69) is 29.6 Å². The van der Waals surface area contributed by atoms with Crippen molar-refractivity contribution in [2.75, 3.05) is 0 Å². The number of benzene rings is 1. The van der Waals surface area contributed by atoms with E-state index in [9.17, 15) is 4.79 Å². The molecule has 1 aromatic rings. The molecular weight excluding hydrogens is 200 g/mol. The van der Waals surface area contributed by atoms with Crippen molar-refractivity contribution in [3.8, 4) is 0 Å². The highest BCUT2D eigenvalue weighted by molar-refractivity contribution is 5.76. The molecule has 2 rings (SSSR count). The van der Waals surface area contributed by atoms with E-state index in [-0.39, 0.29) is 11.8 Å². The summed E-state index contributed by atoms with van der Waals surface area (Å²) in [4.78, 5) is 11.0. The van der Waals surface area contributed by atoms with Crippen LogP contribution in [0.1, 0.15) is 24.5 Å². The molecule has 1 aliphatic heterocycles. The highest BCUT2D eigenvalue weighted by Crippen LogP contribution is 2.19. The second-order valence-corrected chi connectivity index (χ2v) is 4.59. The summed E-state index contributed by atoms with van der Waals surface area (Å²) < 4.78 is 0. The molecular formula is C13H18N2O. The Bertz CT molecular complexity index is 389. The van der Waals surface area contributed by atoms with E-state index >= 15 is 0 Å². The number of nitrogens with one attached hydrogen (secondary N) is 1. The Balaban J connectivity index is 2.00. The molecule has 0 aliphatic carbocycles. The van der Waals surface area contributed by atoms with Gasteiger partial charge >= 0.3 is 0 Å². The van der Waals surface area contributed by atoms with Gasteiger partial charge in [0.1, 0.15) is 0 Å². The minimum Gasteiger partial charge on any atom is -0.369 e. The summed E-state index contributed by atoms with van der Waals surface area (Å²) in [5.74, 6) is -0.261. The lowest BCUT2D eigenvalue weighted by molar-refractivity contribution is -0.121. The fraction of sp³-hybridized carbons (Fsp3) is 0.462. The molecule has 2 unspecified atom stereocenters. The van der Waals surface area contributed by atoms with Crippen molar-refractivity contribution in [1.82, 2.24) is 5.32 Å². The predicted octanol–water partition coefficient (Wildman–Crippen LogP) is 1.21. The molecule has 16 heavy (non-hydrogen) atoms. The highest BCUT2D eigenvalue weighted by atomic mass is 16.1. The largest absolute Gasteiger partial charge is 0.369 e. The van der Waals surface area contributed by atoms with Crippen LogP contribution < -0.4 is 11.1 Å². The summed E-state index contributed by atoms with van der Waals surface area (Å²) in [6.07, 6.45) is 1.82. The fourth-order valence-corrected chi connectivity index (χ4v) is 2.23. The van der Waals surface area contributed by atoms with Gasteiger partial charge < -0.3 is 11.1 Å². The molecule has 1 heterocycles. The summed E-state index contributed by atoms with van der Waals surface area (Å²) in [5.41, 5.74) is 8.04. The maximum atomic E-state index is 11.0. The van der Waals surface area contributed by atoms with Gasteiger partial charge in [-0.2, -0.15) is 0 Å². The van der Waals surface area contributed by atoms with Crippen LogP contribution in [-0.2, 0) is 17.8 Å². The van der Waals surface area contributed by atoms with Gasteiger partial charge in [-0.15, -0.1) is 0 Å². The molecule has 1 aliphatic rings. The molecule has 0 saturated heterocycles. The van der Waals surface area contributed by atoms with Gasteiger partial charge in [-0.1, -0.05) is 31.2 Å². The third-order valence-corrected chi connectivity index (χ3v) is 3.29. The lowest BCUT2D eigenvalue weighted by Gasteiger charge is -2.27. The van der Waals surface area contributed by atoms with E-state index in [4.69, 9.17) is 5.73 Å². The van der Waals surface area contributed by atoms with E-state index in [1.54, 1.807) is 0 Å². The molecule has 2 atom stereocenters. The zero-order chi connectivity index (χ0) is 11.5. The number of fused-ring (bicyclic) bond motifs is 1. The topological polar surface area (TPSA) is 55.1 Å². The van der Waals surface area contributed by atoms with E-state index < -0.39 is 0 Å². The Kier molecular flexibility index (Phi) is 3.25. The van der Waals surface area contributed by atoms with E-state index in [0.717, 1.165) is 19.4 Å². The summed E-state index contributed by atoms with van der Waals surface area (Å²) in [7, 11) is 0. The van der Waals surface area contributed by atoms with Gasteiger partial charge in [0.05, 0.1) is 0 Å². The predicted molar refractivity (Wildman–Crippen MR) is 63.7 cm³/mol. The van der Waals surface area contributed by atoms with Crippen molar-refractivity contribution < 1.29 is 4.79 Å². The zero-order valence-corrected chi connectivity index (χ0v) is 9.57. The third-order valence-electron chi connectivity index (χ3n) is 3.29. The number of primary amides is 1. The normalized spacial score (nSPS) is 21.2. The average Bonchev–Trinajstić information content (AvgIpc) is 2.28. The number of nitrogens with two attached hydrogens (primary N) is 1. The lowest BCUT2D eigenvalue weighted by atomic mass is 9.90. The van der Waals surface area contributed by atoms with Gasteiger partial charge in [0, 0.05) is 18.5 Å². The number of carbonyl (C=O) groups excluding carboxylic acids is 1. The molecule has 1 amide bonds. The van der Waals surface area contributed by atoms with Crippen LogP contribution in [-0.4, -0.2) is 11.9 Å². The summed E-state index contributed by atoms with van der Waals surface area (Å²) >= 11 is 0. The molecule has 86 valence electrons. The monoisotopic (exact) mass is 218 g/mol. The van der Waals surface area contributed by atoms with Crippen LogP contribution in [0, 0.1) is 5.92 Å². The number of carbonyl (C=O) groups is 1. The van der Waals surface area contributed by atoms with Crippen LogP contribution in [0.2, 0.25) is 0 Å². The molecule has 3 N–H and O–H groups in total. The first-order valence-electron chi connectivity index (χ1n) is 5.76. The van der Waals surface area contributed by atoms with Crippen LogP contribution in [0.4, 0.5) is 0 Å². The van der Waals surface area contributed by atoms with Crippen molar-refractivity contribution in [3.63, 3.8) is 0 Å². The Hall–Kier alpha value is -1.35. The van der Waals surface area contributed by atoms with Crippen LogP contribution >= 0.6 is 0 Å². The van der Waals surface area contributed by atoms with Gasteiger partial charge in [-0.25, -0.2) is 0 Å². The highest BCUT2D eigenvalue weighted by Gasteiger charge is 2.21. The zero-order valence-electron chi connectivity index (χ0n) is 9.57. The van der Waals surface area contributed by atoms with Crippen molar-refractivity contribution in [2.45, 2.75) is 32.4 Å². The van der Waals surface area contributed by atoms with Gasteiger partial charge in [-0.3, -0.25) is 4.79 Å². The number of hydrogen-bond donors (Lipinski definition) is 2. The molecule has 0 bridgehead atoms. The average molecular weight is 218 g/mol. The smallest absolute Gasteiger partial charge is 0.220 e. The first kappa shape index (κ1) is 11.1. The van der Waals surface area contributed by atoms with Crippen molar-refractivity contribution >= 4 is 5.91 Å². The van der Waals surface area contributed by atoms with Crippen molar-refractivity contribution in [3.05, 3.63) is 35.4 Å². The van der Waals surface area contributed by atoms with Gasteiger partial charge in [-0.05, 0) is 24.0 Å². The molecule has 0 aromatic heterocycles. The molecule has 3 heteroatoms. The van der Waals surface area contributed by atoms with Crippen molar-refractivity contribution in [2.24, 2.45) is 11.7 Å². The summed E-state index contributed by atoms with van der Waals surface area (Å²) in [5, 5.41) is 3.45.